The van der Waals surface area contributed by atoms with E-state index >= 15 is 0 Å². The Bertz CT molecular complexity index is 455. The van der Waals surface area contributed by atoms with Crippen LogP contribution in [0.15, 0.2) is 30.5 Å². The first-order valence-corrected chi connectivity index (χ1v) is 6.03. The number of halogens is 1. The molecule has 0 bridgehead atoms. The van der Waals surface area contributed by atoms with Crippen LogP contribution in [0.2, 0.25) is 5.02 Å². The number of aromatic nitrogens is 3. The summed E-state index contributed by atoms with van der Waals surface area (Å²) < 4.78 is 0. The lowest BCUT2D eigenvalue weighted by Crippen LogP contribution is -2.23. The first kappa shape index (κ1) is 12.1. The fourth-order valence-electron chi connectivity index (χ4n) is 1.72. The van der Waals surface area contributed by atoms with Crippen molar-refractivity contribution in [3.05, 3.63) is 46.7 Å². The Balaban J connectivity index is 2.27. The third-order valence-corrected chi connectivity index (χ3v) is 2.74. The van der Waals surface area contributed by atoms with Crippen LogP contribution in [0.1, 0.15) is 30.6 Å². The van der Waals surface area contributed by atoms with Crippen molar-refractivity contribution in [1.82, 2.24) is 20.7 Å². The van der Waals surface area contributed by atoms with Crippen molar-refractivity contribution in [3.63, 3.8) is 0 Å². The van der Waals surface area contributed by atoms with Crippen LogP contribution in [0.5, 0.6) is 0 Å². The van der Waals surface area contributed by atoms with Gasteiger partial charge >= 0.3 is 0 Å². The largest absolute Gasteiger partial charge is 0.305 e. The molecule has 1 unspecified atom stereocenters. The molecule has 90 valence electrons. The number of benzene rings is 1. The second kappa shape index (κ2) is 5.80. The molecule has 17 heavy (non-hydrogen) atoms. The van der Waals surface area contributed by atoms with Crippen molar-refractivity contribution in [1.29, 1.82) is 0 Å². The summed E-state index contributed by atoms with van der Waals surface area (Å²) in [5, 5.41) is 14.8. The smallest absolute Gasteiger partial charge is 0.104 e. The van der Waals surface area contributed by atoms with E-state index in [1.807, 2.05) is 24.3 Å². The summed E-state index contributed by atoms with van der Waals surface area (Å²) in [7, 11) is 0. The number of hydrogen-bond donors (Lipinski definition) is 2. The van der Waals surface area contributed by atoms with Gasteiger partial charge in [0.1, 0.15) is 5.69 Å². The maximum absolute atomic E-state index is 6.01. The maximum atomic E-state index is 6.01. The average molecular weight is 251 g/mol. The Hall–Kier alpha value is -1.39. The first-order valence-electron chi connectivity index (χ1n) is 5.65. The van der Waals surface area contributed by atoms with Gasteiger partial charge in [0.2, 0.25) is 0 Å². The fourth-order valence-corrected chi connectivity index (χ4v) is 1.92. The quantitative estimate of drug-likeness (QED) is 0.858. The minimum absolute atomic E-state index is 0.0346. The molecule has 4 nitrogen and oxygen atoms in total. The number of aromatic amines is 1. The third kappa shape index (κ3) is 3.05. The van der Waals surface area contributed by atoms with Gasteiger partial charge in [-0.05, 0) is 30.7 Å². The van der Waals surface area contributed by atoms with E-state index in [1.54, 1.807) is 6.20 Å². The van der Waals surface area contributed by atoms with Crippen molar-refractivity contribution in [2.75, 3.05) is 6.54 Å². The zero-order chi connectivity index (χ0) is 12.1. The van der Waals surface area contributed by atoms with Crippen LogP contribution in [-0.2, 0) is 0 Å². The molecule has 2 rings (SSSR count). The summed E-state index contributed by atoms with van der Waals surface area (Å²) in [6, 6.07) is 7.83. The highest BCUT2D eigenvalue weighted by molar-refractivity contribution is 6.30. The lowest BCUT2D eigenvalue weighted by Gasteiger charge is -2.16. The number of hydrogen-bond acceptors (Lipinski definition) is 3. The van der Waals surface area contributed by atoms with Crippen LogP contribution in [0.25, 0.3) is 0 Å². The molecular weight excluding hydrogens is 236 g/mol. The average Bonchev–Trinajstić information content (AvgIpc) is 2.83. The normalized spacial score (nSPS) is 12.6. The van der Waals surface area contributed by atoms with Crippen LogP contribution in [0.3, 0.4) is 0 Å². The molecule has 2 N–H and O–H groups in total. The first-order chi connectivity index (χ1) is 8.31. The van der Waals surface area contributed by atoms with Gasteiger partial charge in [0, 0.05) is 5.02 Å². The summed E-state index contributed by atoms with van der Waals surface area (Å²) >= 11 is 6.01. The Kier molecular flexibility index (Phi) is 4.12. The molecule has 1 aromatic carbocycles. The molecule has 1 atom stereocenters. The van der Waals surface area contributed by atoms with Crippen molar-refractivity contribution in [2.45, 2.75) is 19.4 Å². The van der Waals surface area contributed by atoms with E-state index in [4.69, 9.17) is 11.6 Å². The Morgan fingerprint density at radius 2 is 2.35 bits per heavy atom. The maximum Gasteiger partial charge on any atom is 0.104 e. The minimum atomic E-state index is 0.0346. The van der Waals surface area contributed by atoms with Crippen molar-refractivity contribution >= 4 is 11.6 Å². The molecule has 0 aliphatic heterocycles. The molecule has 0 fully saturated rings. The molecule has 1 heterocycles. The molecule has 0 aliphatic carbocycles. The van der Waals surface area contributed by atoms with E-state index in [1.165, 1.54) is 0 Å². The molecule has 0 saturated carbocycles. The van der Waals surface area contributed by atoms with Crippen molar-refractivity contribution in [3.8, 4) is 0 Å². The minimum Gasteiger partial charge on any atom is -0.305 e. The highest BCUT2D eigenvalue weighted by atomic mass is 35.5. The number of H-pyrrole nitrogens is 1. The van der Waals surface area contributed by atoms with E-state index in [-0.39, 0.29) is 6.04 Å². The van der Waals surface area contributed by atoms with E-state index in [0.29, 0.717) is 0 Å². The molecule has 5 heteroatoms. The summed E-state index contributed by atoms with van der Waals surface area (Å²) in [5.74, 6) is 0. The Labute approximate surface area is 105 Å². The topological polar surface area (TPSA) is 53.6 Å². The molecule has 0 amide bonds. The van der Waals surface area contributed by atoms with E-state index in [2.05, 4.69) is 27.7 Å². The lowest BCUT2D eigenvalue weighted by atomic mass is 10.0. The van der Waals surface area contributed by atoms with Crippen LogP contribution in [0, 0.1) is 0 Å². The van der Waals surface area contributed by atoms with Gasteiger partial charge in [-0.2, -0.15) is 15.4 Å². The predicted molar refractivity (Wildman–Crippen MR) is 68.0 cm³/mol. The summed E-state index contributed by atoms with van der Waals surface area (Å²) in [6.45, 7) is 3.05. The van der Waals surface area contributed by atoms with Gasteiger partial charge in [0.15, 0.2) is 0 Å². The van der Waals surface area contributed by atoms with Gasteiger partial charge in [0.25, 0.3) is 0 Å². The highest BCUT2D eigenvalue weighted by Crippen LogP contribution is 2.22. The lowest BCUT2D eigenvalue weighted by molar-refractivity contribution is 0.585. The Morgan fingerprint density at radius 3 is 3.00 bits per heavy atom. The van der Waals surface area contributed by atoms with E-state index in [0.717, 1.165) is 29.2 Å². The summed E-state index contributed by atoms with van der Waals surface area (Å²) in [6.07, 6.45) is 2.79. The van der Waals surface area contributed by atoms with Crippen LogP contribution in [-0.4, -0.2) is 22.0 Å². The highest BCUT2D eigenvalue weighted by Gasteiger charge is 2.15. The molecule has 0 aliphatic rings. The van der Waals surface area contributed by atoms with Crippen molar-refractivity contribution < 1.29 is 0 Å². The molecule has 1 aromatic heterocycles. The number of rotatable bonds is 5. The second-order valence-corrected chi connectivity index (χ2v) is 4.27. The van der Waals surface area contributed by atoms with Gasteiger partial charge in [0.05, 0.1) is 12.2 Å². The molecule has 0 spiro atoms. The SMILES string of the molecule is CCCNC(c1cccc(Cl)c1)c1cn[nH]n1. The van der Waals surface area contributed by atoms with Gasteiger partial charge in [-0.1, -0.05) is 30.7 Å². The zero-order valence-corrected chi connectivity index (χ0v) is 10.4. The van der Waals surface area contributed by atoms with Crippen LogP contribution >= 0.6 is 11.6 Å². The van der Waals surface area contributed by atoms with Crippen LogP contribution in [0.4, 0.5) is 0 Å². The monoisotopic (exact) mass is 250 g/mol. The van der Waals surface area contributed by atoms with E-state index in [9.17, 15) is 0 Å². The number of nitrogens with one attached hydrogen (secondary N) is 2. The van der Waals surface area contributed by atoms with Gasteiger partial charge in [-0.3, -0.25) is 0 Å². The second-order valence-electron chi connectivity index (χ2n) is 3.84. The standard InChI is InChI=1S/C12H15ClN4/c1-2-6-14-12(11-8-15-17-16-11)9-4-3-5-10(13)7-9/h3-5,7-8,12,14H,2,6H2,1H3,(H,15,16,17). The van der Waals surface area contributed by atoms with Gasteiger partial charge in [-0.25, -0.2) is 0 Å². The third-order valence-electron chi connectivity index (χ3n) is 2.51. The molecule has 2 aromatic rings. The predicted octanol–water partition coefficient (Wildman–Crippen LogP) is 2.55. The summed E-state index contributed by atoms with van der Waals surface area (Å²) in [5.41, 5.74) is 1.97. The van der Waals surface area contributed by atoms with Crippen LogP contribution < -0.4 is 5.32 Å². The Morgan fingerprint density at radius 1 is 1.47 bits per heavy atom. The zero-order valence-electron chi connectivity index (χ0n) is 9.65. The fraction of sp³-hybridized carbons (Fsp3) is 0.333. The van der Waals surface area contributed by atoms with E-state index < -0.39 is 0 Å². The molecule has 0 radical (unpaired) electrons. The molecular formula is C12H15ClN4. The van der Waals surface area contributed by atoms with Gasteiger partial charge in [-0.15, -0.1) is 0 Å². The molecule has 0 saturated heterocycles. The number of nitrogens with zero attached hydrogens (tertiary/aromatic N) is 2. The van der Waals surface area contributed by atoms with Gasteiger partial charge < -0.3 is 5.32 Å². The van der Waals surface area contributed by atoms with Crippen molar-refractivity contribution in [2.24, 2.45) is 0 Å². The summed E-state index contributed by atoms with van der Waals surface area (Å²) in [4.78, 5) is 0.